The zero-order valence-corrected chi connectivity index (χ0v) is 13.1. The largest absolute Gasteiger partial charge is 0.327 e. The van der Waals surface area contributed by atoms with Crippen molar-refractivity contribution in [3.63, 3.8) is 0 Å². The van der Waals surface area contributed by atoms with Gasteiger partial charge in [0.05, 0.1) is 0 Å². The number of hydrogen-bond donors (Lipinski definition) is 2. The van der Waals surface area contributed by atoms with Gasteiger partial charge in [-0.3, -0.25) is 9.69 Å². The third-order valence-electron chi connectivity index (χ3n) is 4.09. The highest BCUT2D eigenvalue weighted by Gasteiger charge is 2.14. The molecule has 1 aromatic carbocycles. The Labute approximate surface area is 127 Å². The summed E-state index contributed by atoms with van der Waals surface area (Å²) < 4.78 is 0. The van der Waals surface area contributed by atoms with E-state index in [2.05, 4.69) is 22.3 Å². The lowest BCUT2D eigenvalue weighted by molar-refractivity contribution is -0.116. The maximum atomic E-state index is 12.0. The molecule has 0 radical (unpaired) electrons. The Kier molecular flexibility index (Phi) is 5.76. The number of anilines is 1. The molecule has 1 atom stereocenters. The van der Waals surface area contributed by atoms with E-state index in [1.807, 2.05) is 26.0 Å². The molecule has 0 spiro atoms. The Morgan fingerprint density at radius 1 is 1.33 bits per heavy atom. The molecule has 0 saturated carbocycles. The second kappa shape index (κ2) is 7.57. The number of rotatable bonds is 6. The number of benzene rings is 1. The Morgan fingerprint density at radius 3 is 2.71 bits per heavy atom. The Bertz CT molecular complexity index is 467. The zero-order chi connectivity index (χ0) is 15.2. The number of amides is 1. The minimum absolute atomic E-state index is 0.00507. The number of nitrogens with one attached hydrogen (secondary N) is 1. The van der Waals surface area contributed by atoms with Gasteiger partial charge in [0.25, 0.3) is 0 Å². The van der Waals surface area contributed by atoms with Crippen molar-refractivity contribution < 1.29 is 4.79 Å². The van der Waals surface area contributed by atoms with E-state index in [0.717, 1.165) is 12.2 Å². The lowest BCUT2D eigenvalue weighted by Gasteiger charge is -2.17. The van der Waals surface area contributed by atoms with Crippen LogP contribution in [0, 0.1) is 5.92 Å². The standard InChI is InChI=1S/C17H27N3O/c1-13(2)16(18)11-17(21)19-15-7-5-6-14(10-15)12-20-8-3-4-9-20/h5-7,10,13,16H,3-4,8-9,11-12,18H2,1-2H3,(H,19,21). The van der Waals surface area contributed by atoms with Gasteiger partial charge in [-0.25, -0.2) is 0 Å². The van der Waals surface area contributed by atoms with Crippen molar-refractivity contribution in [3.8, 4) is 0 Å². The van der Waals surface area contributed by atoms with Crippen LogP contribution in [0.2, 0.25) is 0 Å². The van der Waals surface area contributed by atoms with Crippen LogP contribution >= 0.6 is 0 Å². The second-order valence-corrected chi connectivity index (χ2v) is 6.34. The van der Waals surface area contributed by atoms with E-state index in [-0.39, 0.29) is 11.9 Å². The predicted octanol–water partition coefficient (Wildman–Crippen LogP) is 2.59. The number of nitrogens with zero attached hydrogens (tertiary/aromatic N) is 1. The summed E-state index contributed by atoms with van der Waals surface area (Å²) >= 11 is 0. The fourth-order valence-corrected chi connectivity index (χ4v) is 2.61. The molecule has 1 fully saturated rings. The van der Waals surface area contributed by atoms with Crippen LogP contribution in [0.3, 0.4) is 0 Å². The van der Waals surface area contributed by atoms with Gasteiger partial charge in [-0.1, -0.05) is 26.0 Å². The molecule has 0 bridgehead atoms. The van der Waals surface area contributed by atoms with E-state index < -0.39 is 0 Å². The molecule has 1 amide bonds. The first kappa shape index (κ1) is 16.0. The average Bonchev–Trinajstić information content (AvgIpc) is 2.91. The minimum atomic E-state index is -0.0854. The summed E-state index contributed by atoms with van der Waals surface area (Å²) in [6, 6.07) is 8.04. The van der Waals surface area contributed by atoms with Crippen LogP contribution in [0.25, 0.3) is 0 Å². The zero-order valence-electron chi connectivity index (χ0n) is 13.1. The minimum Gasteiger partial charge on any atom is -0.327 e. The maximum absolute atomic E-state index is 12.0. The van der Waals surface area contributed by atoms with Crippen molar-refractivity contribution in [2.45, 2.75) is 45.7 Å². The number of likely N-dealkylation sites (tertiary alicyclic amines) is 1. The molecule has 1 aliphatic rings. The lowest BCUT2D eigenvalue weighted by atomic mass is 10.0. The molecule has 4 nitrogen and oxygen atoms in total. The molecule has 0 aromatic heterocycles. The topological polar surface area (TPSA) is 58.4 Å². The fraction of sp³-hybridized carbons (Fsp3) is 0.588. The monoisotopic (exact) mass is 289 g/mol. The highest BCUT2D eigenvalue weighted by Crippen LogP contribution is 2.16. The molecule has 1 aliphatic heterocycles. The SMILES string of the molecule is CC(C)C(N)CC(=O)Nc1cccc(CN2CCCC2)c1. The molecular weight excluding hydrogens is 262 g/mol. The van der Waals surface area contributed by atoms with Crippen LogP contribution in [0.15, 0.2) is 24.3 Å². The van der Waals surface area contributed by atoms with Crippen LogP contribution in [0.5, 0.6) is 0 Å². The second-order valence-electron chi connectivity index (χ2n) is 6.34. The Balaban J connectivity index is 1.89. The smallest absolute Gasteiger partial charge is 0.225 e. The number of carbonyl (C=O) groups is 1. The van der Waals surface area contributed by atoms with Crippen LogP contribution in [0.1, 0.15) is 38.7 Å². The van der Waals surface area contributed by atoms with E-state index in [4.69, 9.17) is 5.73 Å². The maximum Gasteiger partial charge on any atom is 0.225 e. The normalized spacial score (nSPS) is 17.1. The molecular formula is C17H27N3O. The summed E-state index contributed by atoms with van der Waals surface area (Å²) in [7, 11) is 0. The molecule has 3 N–H and O–H groups in total. The van der Waals surface area contributed by atoms with E-state index >= 15 is 0 Å². The van der Waals surface area contributed by atoms with Gasteiger partial charge in [0.1, 0.15) is 0 Å². The van der Waals surface area contributed by atoms with Crippen molar-refractivity contribution in [2.75, 3.05) is 18.4 Å². The van der Waals surface area contributed by atoms with Gasteiger partial charge in [0.2, 0.25) is 5.91 Å². The molecule has 4 heteroatoms. The Morgan fingerprint density at radius 2 is 2.05 bits per heavy atom. The van der Waals surface area contributed by atoms with Gasteiger partial charge in [0, 0.05) is 24.7 Å². The van der Waals surface area contributed by atoms with Crippen LogP contribution < -0.4 is 11.1 Å². The van der Waals surface area contributed by atoms with Gasteiger partial charge in [-0.05, 0) is 49.5 Å². The summed E-state index contributed by atoms with van der Waals surface area (Å²) in [6.45, 7) is 7.40. The number of nitrogens with two attached hydrogens (primary N) is 1. The van der Waals surface area contributed by atoms with Gasteiger partial charge >= 0.3 is 0 Å². The fourth-order valence-electron chi connectivity index (χ4n) is 2.61. The van der Waals surface area contributed by atoms with Crippen molar-refractivity contribution in [3.05, 3.63) is 29.8 Å². The van der Waals surface area contributed by atoms with Gasteiger partial charge in [-0.2, -0.15) is 0 Å². The predicted molar refractivity (Wildman–Crippen MR) is 87.0 cm³/mol. The summed E-state index contributed by atoms with van der Waals surface area (Å²) in [5, 5.41) is 2.96. The van der Waals surface area contributed by atoms with E-state index in [1.54, 1.807) is 0 Å². The van der Waals surface area contributed by atoms with Crippen LogP contribution in [-0.2, 0) is 11.3 Å². The van der Waals surface area contributed by atoms with E-state index in [1.165, 1.54) is 31.5 Å². The van der Waals surface area contributed by atoms with Crippen molar-refractivity contribution >= 4 is 11.6 Å². The first-order valence-corrected chi connectivity index (χ1v) is 7.91. The molecule has 116 valence electrons. The van der Waals surface area contributed by atoms with Crippen LogP contribution in [-0.4, -0.2) is 29.9 Å². The average molecular weight is 289 g/mol. The van der Waals surface area contributed by atoms with Gasteiger partial charge in [0.15, 0.2) is 0 Å². The van der Waals surface area contributed by atoms with E-state index in [9.17, 15) is 4.79 Å². The van der Waals surface area contributed by atoms with Gasteiger partial charge < -0.3 is 11.1 Å². The molecule has 1 saturated heterocycles. The molecule has 1 unspecified atom stereocenters. The first-order valence-electron chi connectivity index (χ1n) is 7.91. The highest BCUT2D eigenvalue weighted by molar-refractivity contribution is 5.91. The van der Waals surface area contributed by atoms with E-state index in [0.29, 0.717) is 12.3 Å². The van der Waals surface area contributed by atoms with Crippen LogP contribution in [0.4, 0.5) is 5.69 Å². The quantitative estimate of drug-likeness (QED) is 0.846. The molecule has 21 heavy (non-hydrogen) atoms. The third kappa shape index (κ3) is 5.14. The lowest BCUT2D eigenvalue weighted by Crippen LogP contribution is -2.31. The highest BCUT2D eigenvalue weighted by atomic mass is 16.1. The summed E-state index contributed by atoms with van der Waals surface area (Å²) in [5.74, 6) is 0.312. The Hall–Kier alpha value is -1.39. The van der Waals surface area contributed by atoms with Crippen molar-refractivity contribution in [1.82, 2.24) is 4.90 Å². The van der Waals surface area contributed by atoms with Gasteiger partial charge in [-0.15, -0.1) is 0 Å². The third-order valence-corrected chi connectivity index (χ3v) is 4.09. The molecule has 1 heterocycles. The van der Waals surface area contributed by atoms with Crippen molar-refractivity contribution in [2.24, 2.45) is 11.7 Å². The summed E-state index contributed by atoms with van der Waals surface area (Å²) in [6.07, 6.45) is 2.96. The molecule has 2 rings (SSSR count). The summed E-state index contributed by atoms with van der Waals surface area (Å²) in [5.41, 5.74) is 8.06. The molecule has 1 aromatic rings. The summed E-state index contributed by atoms with van der Waals surface area (Å²) in [4.78, 5) is 14.4. The number of hydrogen-bond acceptors (Lipinski definition) is 3. The number of carbonyl (C=O) groups excluding carboxylic acids is 1. The first-order chi connectivity index (χ1) is 10.0. The molecule has 0 aliphatic carbocycles. The van der Waals surface area contributed by atoms with Crippen molar-refractivity contribution in [1.29, 1.82) is 0 Å².